The lowest BCUT2D eigenvalue weighted by molar-refractivity contribution is -0.122. The average Bonchev–Trinajstić information content (AvgIpc) is 2.78. The summed E-state index contributed by atoms with van der Waals surface area (Å²) in [6.07, 6.45) is 7.89. The van der Waals surface area contributed by atoms with Crippen molar-refractivity contribution in [2.24, 2.45) is 0 Å². The Morgan fingerprint density at radius 1 is 1.48 bits per heavy atom. The molecule has 0 radical (unpaired) electrons. The van der Waals surface area contributed by atoms with Crippen LogP contribution in [-0.2, 0) is 4.79 Å². The minimum atomic E-state index is -0.353. The zero-order valence-corrected chi connectivity index (χ0v) is 15.2. The first-order chi connectivity index (χ1) is 11.0. The number of carbonyl (C=O) groups is 2. The highest BCUT2D eigenvalue weighted by atomic mass is 79.9. The van der Waals surface area contributed by atoms with Crippen molar-refractivity contribution in [1.29, 1.82) is 0 Å². The second-order valence-electron chi connectivity index (χ2n) is 5.00. The number of rotatable bonds is 5. The van der Waals surface area contributed by atoms with E-state index in [1.54, 1.807) is 6.08 Å². The van der Waals surface area contributed by atoms with Crippen LogP contribution in [0.1, 0.15) is 25.8 Å². The summed E-state index contributed by atoms with van der Waals surface area (Å²) >= 11 is 4.37. The quantitative estimate of drug-likeness (QED) is 0.552. The molecule has 0 spiro atoms. The number of terminal acetylenes is 1. The van der Waals surface area contributed by atoms with Gasteiger partial charge in [-0.15, -0.1) is 6.42 Å². The van der Waals surface area contributed by atoms with E-state index in [0.29, 0.717) is 4.91 Å². The highest BCUT2D eigenvalue weighted by molar-refractivity contribution is 9.10. The van der Waals surface area contributed by atoms with Crippen molar-refractivity contribution in [2.75, 3.05) is 6.54 Å². The standard InChI is InChI=1S/C17H16BrNO3S/c1-4-8-19-16(20)15(23-17(19)21)10-12-6-7-14(13(18)9-12)22-11(3)5-2/h1,6-7,9-11H,5,8H2,2-3H3/b15-10-/t11-/m1/s1. The Kier molecular flexibility index (Phi) is 5.91. The molecule has 0 aromatic heterocycles. The first-order valence-electron chi connectivity index (χ1n) is 7.11. The lowest BCUT2D eigenvalue weighted by Gasteiger charge is -2.14. The van der Waals surface area contributed by atoms with Gasteiger partial charge in [0.05, 0.1) is 22.0 Å². The fraction of sp³-hybridized carbons (Fsp3) is 0.294. The SMILES string of the molecule is C#CCN1C(=O)S/C(=C\c2ccc(O[C@H](C)CC)c(Br)c2)C1=O. The number of hydrogen-bond acceptors (Lipinski definition) is 4. The molecule has 23 heavy (non-hydrogen) atoms. The van der Waals surface area contributed by atoms with E-state index in [2.05, 4.69) is 28.8 Å². The van der Waals surface area contributed by atoms with Gasteiger partial charge in [0.1, 0.15) is 5.75 Å². The maximum absolute atomic E-state index is 12.1. The monoisotopic (exact) mass is 393 g/mol. The van der Waals surface area contributed by atoms with Crippen molar-refractivity contribution in [2.45, 2.75) is 26.4 Å². The van der Waals surface area contributed by atoms with Crippen molar-refractivity contribution in [3.05, 3.63) is 33.1 Å². The van der Waals surface area contributed by atoms with E-state index in [9.17, 15) is 9.59 Å². The number of halogens is 1. The molecule has 1 aromatic carbocycles. The molecular weight excluding hydrogens is 378 g/mol. The van der Waals surface area contributed by atoms with Gasteiger partial charge >= 0.3 is 0 Å². The third kappa shape index (κ3) is 4.18. The molecule has 4 nitrogen and oxygen atoms in total. The Labute approximate surface area is 148 Å². The molecule has 1 saturated heterocycles. The number of imide groups is 1. The second-order valence-corrected chi connectivity index (χ2v) is 6.85. The van der Waals surface area contributed by atoms with Crippen molar-refractivity contribution in [3.63, 3.8) is 0 Å². The fourth-order valence-electron chi connectivity index (χ4n) is 1.88. The first kappa shape index (κ1) is 17.6. The lowest BCUT2D eigenvalue weighted by atomic mass is 10.2. The fourth-order valence-corrected chi connectivity index (χ4v) is 3.21. The first-order valence-corrected chi connectivity index (χ1v) is 8.72. The molecule has 0 unspecified atom stereocenters. The minimum absolute atomic E-state index is 0.00656. The maximum Gasteiger partial charge on any atom is 0.294 e. The Morgan fingerprint density at radius 2 is 2.22 bits per heavy atom. The van der Waals surface area contributed by atoms with Crippen LogP contribution >= 0.6 is 27.7 Å². The third-order valence-electron chi connectivity index (χ3n) is 3.28. The van der Waals surface area contributed by atoms with E-state index in [1.807, 2.05) is 25.1 Å². The third-order valence-corrected chi connectivity index (χ3v) is 4.81. The van der Waals surface area contributed by atoms with Gasteiger partial charge in [-0.3, -0.25) is 14.5 Å². The molecular formula is C17H16BrNO3S. The summed E-state index contributed by atoms with van der Waals surface area (Å²) in [4.78, 5) is 25.3. The van der Waals surface area contributed by atoms with Gasteiger partial charge in [0, 0.05) is 0 Å². The van der Waals surface area contributed by atoms with Crippen LogP contribution in [-0.4, -0.2) is 28.7 Å². The summed E-state index contributed by atoms with van der Waals surface area (Å²) in [7, 11) is 0. The molecule has 1 fully saturated rings. The summed E-state index contributed by atoms with van der Waals surface area (Å²) in [5.41, 5.74) is 0.805. The minimum Gasteiger partial charge on any atom is -0.490 e. The number of amides is 2. The summed E-state index contributed by atoms with van der Waals surface area (Å²) in [5, 5.41) is -0.338. The zero-order chi connectivity index (χ0) is 17.0. The molecule has 0 saturated carbocycles. The molecule has 1 heterocycles. The van der Waals surface area contributed by atoms with Gasteiger partial charge in [0.15, 0.2) is 0 Å². The highest BCUT2D eigenvalue weighted by Gasteiger charge is 2.34. The van der Waals surface area contributed by atoms with Crippen LogP contribution < -0.4 is 4.74 Å². The van der Waals surface area contributed by atoms with Gasteiger partial charge in [0.25, 0.3) is 11.1 Å². The van der Waals surface area contributed by atoms with Gasteiger partial charge in [-0.05, 0) is 64.8 Å². The van der Waals surface area contributed by atoms with Gasteiger partial charge in [-0.25, -0.2) is 0 Å². The molecule has 0 N–H and O–H groups in total. The topological polar surface area (TPSA) is 46.6 Å². The summed E-state index contributed by atoms with van der Waals surface area (Å²) in [6, 6.07) is 5.54. The molecule has 6 heteroatoms. The van der Waals surface area contributed by atoms with Crippen LogP contribution in [0.25, 0.3) is 6.08 Å². The van der Waals surface area contributed by atoms with Gasteiger partial charge < -0.3 is 4.74 Å². The summed E-state index contributed by atoms with van der Waals surface area (Å²) < 4.78 is 6.58. The molecule has 120 valence electrons. The van der Waals surface area contributed by atoms with Gasteiger partial charge in [-0.1, -0.05) is 18.9 Å². The van der Waals surface area contributed by atoms with Crippen LogP contribution in [0.15, 0.2) is 27.6 Å². The predicted octanol–water partition coefficient (Wildman–Crippen LogP) is 4.30. The second kappa shape index (κ2) is 7.71. The van der Waals surface area contributed by atoms with Crippen molar-refractivity contribution in [3.8, 4) is 18.1 Å². The number of ether oxygens (including phenoxy) is 1. The summed E-state index contributed by atoms with van der Waals surface area (Å²) in [6.45, 7) is 4.05. The Hall–Kier alpha value is -1.71. The number of hydrogen-bond donors (Lipinski definition) is 0. The van der Waals surface area contributed by atoms with Gasteiger partial charge in [0.2, 0.25) is 0 Å². The molecule has 0 aliphatic carbocycles. The van der Waals surface area contributed by atoms with E-state index >= 15 is 0 Å². The molecule has 1 aromatic rings. The molecule has 1 atom stereocenters. The molecule has 1 aliphatic rings. The molecule has 0 bridgehead atoms. The van der Waals surface area contributed by atoms with E-state index in [4.69, 9.17) is 11.2 Å². The zero-order valence-electron chi connectivity index (χ0n) is 12.8. The Morgan fingerprint density at radius 3 is 2.83 bits per heavy atom. The normalized spacial score (nSPS) is 17.5. The molecule has 2 rings (SSSR count). The van der Waals surface area contributed by atoms with Crippen molar-refractivity contribution >= 4 is 44.9 Å². The Bertz CT molecular complexity index is 708. The predicted molar refractivity (Wildman–Crippen MR) is 96.0 cm³/mol. The van der Waals surface area contributed by atoms with E-state index in [1.165, 1.54) is 0 Å². The van der Waals surface area contributed by atoms with Crippen LogP contribution in [0.3, 0.4) is 0 Å². The molecule has 1 aliphatic heterocycles. The number of nitrogens with zero attached hydrogens (tertiary/aromatic N) is 1. The van der Waals surface area contributed by atoms with Crippen LogP contribution in [0.5, 0.6) is 5.75 Å². The van der Waals surface area contributed by atoms with Crippen LogP contribution in [0, 0.1) is 12.3 Å². The average molecular weight is 394 g/mol. The highest BCUT2D eigenvalue weighted by Crippen LogP contribution is 2.33. The van der Waals surface area contributed by atoms with E-state index in [0.717, 1.165) is 38.9 Å². The smallest absolute Gasteiger partial charge is 0.294 e. The molecule has 2 amide bonds. The maximum atomic E-state index is 12.1. The van der Waals surface area contributed by atoms with Crippen molar-refractivity contribution < 1.29 is 14.3 Å². The Balaban J connectivity index is 2.21. The lowest BCUT2D eigenvalue weighted by Crippen LogP contribution is -2.28. The van der Waals surface area contributed by atoms with Crippen molar-refractivity contribution in [1.82, 2.24) is 4.90 Å². The number of thioether (sulfide) groups is 1. The van der Waals surface area contributed by atoms with E-state index < -0.39 is 0 Å². The van der Waals surface area contributed by atoms with Crippen LogP contribution in [0.4, 0.5) is 4.79 Å². The summed E-state index contributed by atoms with van der Waals surface area (Å²) in [5.74, 6) is 2.71. The number of benzene rings is 1. The number of carbonyl (C=O) groups excluding carboxylic acids is 2. The largest absolute Gasteiger partial charge is 0.490 e. The van der Waals surface area contributed by atoms with E-state index in [-0.39, 0.29) is 23.8 Å². The van der Waals surface area contributed by atoms with Gasteiger partial charge in [-0.2, -0.15) is 0 Å². The van der Waals surface area contributed by atoms with Crippen LogP contribution in [0.2, 0.25) is 0 Å².